The molecule has 9 nitrogen and oxygen atoms in total. The Morgan fingerprint density at radius 3 is 0.929 bits per heavy atom. The molecule has 0 saturated carbocycles. The molecule has 4 heterocycles. The second-order valence-electron chi connectivity index (χ2n) is 34.6. The number of benzene rings is 16. The molecule has 0 spiro atoms. The fourth-order valence-electron chi connectivity index (χ4n) is 18.8. The first-order valence-electron chi connectivity index (χ1n) is 41.1. The van der Waals surface area contributed by atoms with Crippen LogP contribution in [-0.4, -0.2) is 57.7 Å². The van der Waals surface area contributed by atoms with Gasteiger partial charge in [0.05, 0.1) is 35.7 Å². The average molecular weight is 1970 g/mol. The maximum atomic E-state index is 9.94. The van der Waals surface area contributed by atoms with Crippen molar-refractivity contribution in [3.8, 4) is 79.4 Å². The number of halogens is 3. The third-order valence-corrected chi connectivity index (χ3v) is 30.8. The van der Waals surface area contributed by atoms with Gasteiger partial charge in [-0.2, -0.15) is 0 Å². The predicted octanol–water partition coefficient (Wildman–Crippen LogP) is 18.0. The van der Waals surface area contributed by atoms with Gasteiger partial charge in [0.1, 0.15) is 46.0 Å². The molecule has 0 radical (unpaired) electrons. The molecule has 0 bridgehead atoms. The predicted molar refractivity (Wildman–Crippen MR) is 540 cm³/mol. The zero-order chi connectivity index (χ0) is 86.9. The largest absolute Gasteiger partial charge is 1.00 e. The Morgan fingerprint density at radius 1 is 0.362 bits per heavy atom. The first-order valence-corrected chi connectivity index (χ1v) is 48.9. The maximum absolute atomic E-state index is 9.94. The second-order valence-corrected chi connectivity index (χ2v) is 46.5. The molecule has 0 aromatic heterocycles. The van der Waals surface area contributed by atoms with Gasteiger partial charge in [-0.15, -0.1) is 0 Å². The Bertz CT molecular complexity index is 6220. The van der Waals surface area contributed by atoms with Crippen LogP contribution in [0.3, 0.4) is 0 Å². The van der Waals surface area contributed by atoms with Gasteiger partial charge in [0.15, 0.2) is 0 Å². The molecule has 20 heteroatoms. The van der Waals surface area contributed by atoms with Gasteiger partial charge in [-0.3, -0.25) is 4.79 Å². The monoisotopic (exact) mass is 1960 g/mol. The molecule has 0 fully saturated rings. The third kappa shape index (κ3) is 22.7. The fourth-order valence-corrected chi connectivity index (χ4v) is 28.3. The standard InChI is InChI=1S/C38H23BO2.C20H15BO2.C18H10BBrO2.2C14H23P.CH2O3.2CH4.2ClH.2K.Pd.H/c1-2-12-24(13-3-1)35-25-14-4-6-16-27(25)36(28-17-7-5-15-26(28)35)29-22-23-34-37-38(29)41-33-21-11-9-19-31(33)39(37)30-18-8-10-20-32(30)40-34;22-21(23)20-17-12-6-4-10-15(17)19(14-8-2-1-3-9-14)16-11-5-7-13-18(16)20;20-13-9-10-16-17-18(13)22-15-8-4-2-6-12(15)19(17)11-5-1-3-7-14(11)21-16;2*1-13(2,3)15(14(4,5)6)12-10-8-7-9-11-12;2-1-4-3;;;;;;;;/h1-23H;1-13,22-23H;1-10H;2*7-11H,1-6H3;1,3H;2*1H4;2*1H;;;;/q;;;;;;;;;;2*+1;+2;-1/p-1. The molecule has 0 atom stereocenters. The van der Waals surface area contributed by atoms with E-state index in [1.807, 2.05) is 109 Å². The molecule has 0 unspecified atom stereocenters. The van der Waals surface area contributed by atoms with Gasteiger partial charge >= 0.3 is 145 Å². The summed E-state index contributed by atoms with van der Waals surface area (Å²) in [5.74, 6) is 7.10. The molecular formula is C107H106B3BrCl2K2O9P2Pd+2. The number of hydrogen-bond donors (Lipinski definition) is 2. The van der Waals surface area contributed by atoms with Crippen LogP contribution in [0.5, 0.6) is 46.0 Å². The van der Waals surface area contributed by atoms with Crippen molar-refractivity contribution in [1.82, 2.24) is 0 Å². The summed E-state index contributed by atoms with van der Waals surface area (Å²) in [6.45, 7) is 28.5. The Hall–Kier alpha value is -6.84. The molecule has 16 aromatic carbocycles. The zero-order valence-electron chi connectivity index (χ0n) is 73.8. The Labute approximate surface area is 864 Å². The number of ether oxygens (including phenoxy) is 4. The molecular weight excluding hydrogens is 1860 g/mol. The average Bonchev–Trinajstić information content (AvgIpc) is 0.694. The van der Waals surface area contributed by atoms with Gasteiger partial charge in [-0.1, -0.05) is 282 Å². The van der Waals surface area contributed by atoms with Crippen molar-refractivity contribution in [3.05, 3.63) is 344 Å². The van der Waals surface area contributed by atoms with Crippen LogP contribution >= 0.6 is 50.8 Å². The van der Waals surface area contributed by atoms with E-state index in [1.54, 1.807) is 10.6 Å². The summed E-state index contributed by atoms with van der Waals surface area (Å²) in [6, 6.07) is 118. The van der Waals surface area contributed by atoms with Crippen molar-refractivity contribution in [2.75, 3.05) is 0 Å². The first-order chi connectivity index (χ1) is 59.2. The summed E-state index contributed by atoms with van der Waals surface area (Å²) in [5.41, 5.74) is 14.5. The van der Waals surface area contributed by atoms with Crippen LogP contribution in [-0.2, 0) is 25.6 Å². The fraction of sp³-hybridized carbons (Fsp3) is 0.168. The number of rotatable bonds is 7. The van der Waals surface area contributed by atoms with E-state index in [4.69, 9.17) is 48.1 Å². The number of hydrogen-bond acceptors (Lipinski definition) is 9. The van der Waals surface area contributed by atoms with Gasteiger partial charge in [0, 0.05) is 37.9 Å². The summed E-state index contributed by atoms with van der Waals surface area (Å²) in [4.78, 5) is 11.2. The Balaban J connectivity index is 0.000000185. The SMILES string of the molecule is Brc1ccc2c3c1Oc1ccccc1B3c1ccccc1O2.C.C.CC(C)(C)[PH+](c1ccccc1)C(C)(C)C.CC(C)(C)[PH+](c1ccccc1)C(C)(C)C.O=CO[O-].OB(O)c1c2ccccc2c(-c2ccccc2)c2ccccc12.[Cl][Pd][Cl].[H-].[K+].[K+].c1ccc(-c2c3ccccc3c(-c3ccc4c5c3Oc3ccccc3B5c3ccccc3O4)c3ccccc23)cc1. The molecule has 0 amide bonds. The van der Waals surface area contributed by atoms with Gasteiger partial charge in [0.2, 0.25) is 0 Å². The molecule has 16 aromatic rings. The van der Waals surface area contributed by atoms with Crippen molar-refractivity contribution in [3.63, 3.8) is 0 Å². The van der Waals surface area contributed by atoms with Crippen molar-refractivity contribution in [1.29, 1.82) is 0 Å². The molecule has 4 aliphatic rings. The van der Waals surface area contributed by atoms with Gasteiger partial charge < -0.3 is 40.6 Å². The minimum Gasteiger partial charge on any atom is -1.00 e. The summed E-state index contributed by atoms with van der Waals surface area (Å²) < 4.78 is 26.5. The minimum atomic E-state index is -1.50. The first kappa shape index (κ1) is 102. The number of carbonyl (C=O) groups is 1. The molecule has 4 aliphatic heterocycles. The Kier molecular flexibility index (Phi) is 36.7. The summed E-state index contributed by atoms with van der Waals surface area (Å²) in [6.07, 6.45) is 0. The van der Waals surface area contributed by atoms with E-state index in [0.717, 1.165) is 99.6 Å². The number of fused-ring (bicyclic) bond motifs is 12. The van der Waals surface area contributed by atoms with Crippen molar-refractivity contribution >= 4 is 170 Å². The van der Waals surface area contributed by atoms with E-state index >= 15 is 0 Å². The smallest absolute Gasteiger partial charge is 1.00 e. The Morgan fingerprint density at radius 2 is 0.614 bits per heavy atom. The van der Waals surface area contributed by atoms with E-state index < -0.39 is 23.0 Å². The second kappa shape index (κ2) is 45.5. The molecule has 638 valence electrons. The van der Waals surface area contributed by atoms with Crippen LogP contribution in [0.4, 0.5) is 0 Å². The van der Waals surface area contributed by atoms with Crippen molar-refractivity contribution in [2.24, 2.45) is 0 Å². The molecule has 0 saturated heterocycles. The van der Waals surface area contributed by atoms with Gasteiger partial charge in [-0.25, -0.2) is 0 Å². The van der Waals surface area contributed by atoms with E-state index in [0.29, 0.717) is 26.1 Å². The van der Waals surface area contributed by atoms with E-state index in [-0.39, 0.29) is 155 Å². The molecule has 2 N–H and O–H groups in total. The van der Waals surface area contributed by atoms with Gasteiger partial charge in [-0.05, 0) is 264 Å². The van der Waals surface area contributed by atoms with Crippen LogP contribution in [0.25, 0.3) is 76.5 Å². The van der Waals surface area contributed by atoms with E-state index in [9.17, 15) is 10.0 Å². The van der Waals surface area contributed by atoms with Crippen LogP contribution < -0.4 is 176 Å². The summed E-state index contributed by atoms with van der Waals surface area (Å²) in [7, 11) is 7.02. The van der Waals surface area contributed by atoms with Gasteiger partial charge in [0.25, 0.3) is 19.9 Å². The van der Waals surface area contributed by atoms with Crippen molar-refractivity contribution < 1.29 is 164 Å². The maximum Gasteiger partial charge on any atom is 1.00 e. The zero-order valence-corrected chi connectivity index (χ0v) is 85.7. The minimum absolute atomic E-state index is 0. The van der Waals surface area contributed by atoms with Crippen LogP contribution in [0.2, 0.25) is 0 Å². The van der Waals surface area contributed by atoms with Crippen LogP contribution in [0, 0.1) is 0 Å². The topological polar surface area (TPSA) is 127 Å². The number of para-hydroxylation sites is 4. The summed E-state index contributed by atoms with van der Waals surface area (Å²) in [5, 5.41) is 41.7. The van der Waals surface area contributed by atoms with Crippen LogP contribution in [0.1, 0.15) is 99.4 Å². The van der Waals surface area contributed by atoms with E-state index in [2.05, 4.69) is 334 Å². The van der Waals surface area contributed by atoms with Crippen LogP contribution in [0.15, 0.2) is 344 Å². The molecule has 0 aliphatic carbocycles. The van der Waals surface area contributed by atoms with Crippen molar-refractivity contribution in [2.45, 2.75) is 119 Å². The van der Waals surface area contributed by atoms with E-state index in [1.165, 1.54) is 60.1 Å². The normalized spacial score (nSPS) is 11.9. The summed E-state index contributed by atoms with van der Waals surface area (Å²) >= 11 is 3.50. The number of carbonyl (C=O) groups excluding carboxylic acids is 1. The molecule has 20 rings (SSSR count). The quantitative estimate of drug-likeness (QED) is 0.0400. The third-order valence-electron chi connectivity index (χ3n) is 22.3. The molecule has 127 heavy (non-hydrogen) atoms.